The molecule has 1 saturated heterocycles. The van der Waals surface area contributed by atoms with E-state index in [1.807, 2.05) is 12.1 Å². The molecule has 130 valence electrons. The molecule has 1 fully saturated rings. The minimum absolute atomic E-state index is 0.0863. The van der Waals surface area contributed by atoms with Gasteiger partial charge in [-0.25, -0.2) is 4.98 Å². The van der Waals surface area contributed by atoms with Crippen molar-refractivity contribution in [3.8, 4) is 0 Å². The van der Waals surface area contributed by atoms with E-state index < -0.39 is 0 Å². The minimum atomic E-state index is -0.118. The molecule has 2 N–H and O–H groups in total. The number of hydrogen-bond acceptors (Lipinski definition) is 4. The molecule has 1 aliphatic heterocycles. The van der Waals surface area contributed by atoms with E-state index in [1.165, 1.54) is 18.6 Å². The summed E-state index contributed by atoms with van der Waals surface area (Å²) in [6, 6.07) is 7.15. The highest BCUT2D eigenvalue weighted by Crippen LogP contribution is 2.19. The molecular formula is C17H19ClN5O2+. The topological polar surface area (TPSA) is 79.6 Å². The summed E-state index contributed by atoms with van der Waals surface area (Å²) < 4.78 is 0. The molecule has 0 unspecified atom stereocenters. The third kappa shape index (κ3) is 4.52. The number of nitrogens with zero attached hydrogens (tertiary/aromatic N) is 3. The van der Waals surface area contributed by atoms with Gasteiger partial charge in [0.15, 0.2) is 6.54 Å². The second-order valence-electron chi connectivity index (χ2n) is 5.84. The highest BCUT2D eigenvalue weighted by Gasteiger charge is 2.26. The molecule has 2 aromatic rings. The first-order valence-corrected chi connectivity index (χ1v) is 8.44. The molecule has 25 heavy (non-hydrogen) atoms. The summed E-state index contributed by atoms with van der Waals surface area (Å²) in [7, 11) is 0. The van der Waals surface area contributed by atoms with Gasteiger partial charge in [0.25, 0.3) is 11.8 Å². The number of piperazine rings is 1. The predicted molar refractivity (Wildman–Crippen MR) is 93.6 cm³/mol. The molecule has 2 amide bonds. The standard InChI is InChI=1S/C17H18ClN5O2/c18-13-3-1-2-4-14(13)21-16(24)12-22-7-9-23(10-8-22)17(25)15-11-19-5-6-20-15/h1-6,11H,7-10,12H2,(H,21,24)/p+1. The fraction of sp³-hybridized carbons (Fsp3) is 0.294. The van der Waals surface area contributed by atoms with Crippen molar-refractivity contribution in [3.63, 3.8) is 0 Å². The van der Waals surface area contributed by atoms with Gasteiger partial charge in [-0.05, 0) is 12.1 Å². The molecule has 2 heterocycles. The van der Waals surface area contributed by atoms with E-state index in [-0.39, 0.29) is 11.8 Å². The van der Waals surface area contributed by atoms with E-state index in [0.29, 0.717) is 49.1 Å². The number of aromatic nitrogens is 2. The van der Waals surface area contributed by atoms with Crippen molar-refractivity contribution in [1.29, 1.82) is 0 Å². The summed E-state index contributed by atoms with van der Waals surface area (Å²) in [4.78, 5) is 35.4. The van der Waals surface area contributed by atoms with Crippen molar-refractivity contribution >= 4 is 29.1 Å². The number of rotatable bonds is 4. The van der Waals surface area contributed by atoms with E-state index in [4.69, 9.17) is 11.6 Å². The molecule has 0 saturated carbocycles. The molecule has 1 aromatic heterocycles. The van der Waals surface area contributed by atoms with Gasteiger partial charge in [0, 0.05) is 12.4 Å². The lowest BCUT2D eigenvalue weighted by molar-refractivity contribution is -0.895. The summed E-state index contributed by atoms with van der Waals surface area (Å²) in [6.07, 6.45) is 4.52. The number of amides is 2. The second kappa shape index (κ2) is 8.04. The summed E-state index contributed by atoms with van der Waals surface area (Å²) in [6.45, 7) is 2.94. The van der Waals surface area contributed by atoms with Crippen LogP contribution in [0.5, 0.6) is 0 Å². The molecule has 1 aliphatic rings. The average molecular weight is 361 g/mol. The number of hydrogen-bond donors (Lipinski definition) is 2. The molecule has 1 aromatic carbocycles. The van der Waals surface area contributed by atoms with Gasteiger partial charge in [0.2, 0.25) is 0 Å². The lowest BCUT2D eigenvalue weighted by atomic mass is 10.2. The minimum Gasteiger partial charge on any atom is -0.326 e. The van der Waals surface area contributed by atoms with Gasteiger partial charge in [-0.3, -0.25) is 14.6 Å². The Morgan fingerprint density at radius 1 is 1.20 bits per heavy atom. The summed E-state index contributed by atoms with van der Waals surface area (Å²) in [5.41, 5.74) is 0.965. The van der Waals surface area contributed by atoms with Crippen LogP contribution < -0.4 is 10.2 Å². The number of para-hydroxylation sites is 1. The van der Waals surface area contributed by atoms with E-state index in [9.17, 15) is 9.59 Å². The molecule has 8 heteroatoms. The fourth-order valence-electron chi connectivity index (χ4n) is 2.76. The van der Waals surface area contributed by atoms with Gasteiger partial charge >= 0.3 is 0 Å². The Morgan fingerprint density at radius 3 is 2.64 bits per heavy atom. The Morgan fingerprint density at radius 2 is 1.96 bits per heavy atom. The Hall–Kier alpha value is -2.51. The fourth-order valence-corrected chi connectivity index (χ4v) is 2.94. The summed E-state index contributed by atoms with van der Waals surface area (Å²) in [5.74, 6) is -0.204. The van der Waals surface area contributed by atoms with Crippen LogP contribution >= 0.6 is 11.6 Å². The SMILES string of the molecule is O=C(C[NH+]1CCN(C(=O)c2cnccn2)CC1)Nc1ccccc1Cl. The van der Waals surface area contributed by atoms with E-state index in [2.05, 4.69) is 15.3 Å². The number of benzene rings is 1. The van der Waals surface area contributed by atoms with Crippen LogP contribution in [0.15, 0.2) is 42.9 Å². The van der Waals surface area contributed by atoms with Gasteiger partial charge in [-0.2, -0.15) is 0 Å². The number of carbonyl (C=O) groups excluding carboxylic acids is 2. The van der Waals surface area contributed by atoms with E-state index >= 15 is 0 Å². The van der Waals surface area contributed by atoms with Crippen LogP contribution in [0.1, 0.15) is 10.5 Å². The number of quaternary nitrogens is 1. The third-order valence-electron chi connectivity index (χ3n) is 4.10. The lowest BCUT2D eigenvalue weighted by Crippen LogP contribution is -3.15. The highest BCUT2D eigenvalue weighted by atomic mass is 35.5. The van der Waals surface area contributed by atoms with Crippen LogP contribution in [0.2, 0.25) is 5.02 Å². The average Bonchev–Trinajstić information content (AvgIpc) is 2.64. The smallest absolute Gasteiger partial charge is 0.279 e. The molecular weight excluding hydrogens is 342 g/mol. The Balaban J connectivity index is 1.48. The Bertz CT molecular complexity index is 748. The quantitative estimate of drug-likeness (QED) is 0.811. The van der Waals surface area contributed by atoms with E-state index in [0.717, 1.165) is 4.90 Å². The van der Waals surface area contributed by atoms with Crippen molar-refractivity contribution in [2.45, 2.75) is 0 Å². The first-order chi connectivity index (χ1) is 12.1. The molecule has 0 aliphatic carbocycles. The van der Waals surface area contributed by atoms with Crippen LogP contribution in [0, 0.1) is 0 Å². The maximum Gasteiger partial charge on any atom is 0.279 e. The number of nitrogens with one attached hydrogen (secondary N) is 2. The summed E-state index contributed by atoms with van der Waals surface area (Å²) >= 11 is 6.05. The second-order valence-corrected chi connectivity index (χ2v) is 6.24. The lowest BCUT2D eigenvalue weighted by Gasteiger charge is -2.31. The molecule has 0 radical (unpaired) electrons. The molecule has 0 spiro atoms. The third-order valence-corrected chi connectivity index (χ3v) is 4.43. The summed E-state index contributed by atoms with van der Waals surface area (Å²) in [5, 5.41) is 3.35. The van der Waals surface area contributed by atoms with Crippen molar-refractivity contribution < 1.29 is 14.5 Å². The van der Waals surface area contributed by atoms with Crippen molar-refractivity contribution in [3.05, 3.63) is 53.6 Å². The zero-order valence-corrected chi connectivity index (χ0v) is 14.4. The van der Waals surface area contributed by atoms with Gasteiger partial charge in [0.1, 0.15) is 5.69 Å². The van der Waals surface area contributed by atoms with Crippen molar-refractivity contribution in [1.82, 2.24) is 14.9 Å². The highest BCUT2D eigenvalue weighted by molar-refractivity contribution is 6.33. The maximum atomic E-state index is 12.3. The molecule has 0 bridgehead atoms. The zero-order valence-electron chi connectivity index (χ0n) is 13.6. The largest absolute Gasteiger partial charge is 0.326 e. The Kier molecular flexibility index (Phi) is 5.57. The van der Waals surface area contributed by atoms with Crippen molar-refractivity contribution in [2.24, 2.45) is 0 Å². The van der Waals surface area contributed by atoms with Gasteiger partial charge in [-0.1, -0.05) is 23.7 Å². The first-order valence-electron chi connectivity index (χ1n) is 8.07. The van der Waals surface area contributed by atoms with Gasteiger partial charge in [-0.15, -0.1) is 0 Å². The van der Waals surface area contributed by atoms with Crippen LogP contribution in [0.3, 0.4) is 0 Å². The molecule has 7 nitrogen and oxygen atoms in total. The normalized spacial score (nSPS) is 15.0. The monoisotopic (exact) mass is 360 g/mol. The van der Waals surface area contributed by atoms with Crippen LogP contribution in [-0.4, -0.2) is 59.4 Å². The number of carbonyl (C=O) groups is 2. The predicted octanol–water partition coefficient (Wildman–Crippen LogP) is 0.109. The molecule has 3 rings (SSSR count). The van der Waals surface area contributed by atoms with Crippen LogP contribution in [-0.2, 0) is 4.79 Å². The maximum absolute atomic E-state index is 12.3. The van der Waals surface area contributed by atoms with Crippen LogP contribution in [0.25, 0.3) is 0 Å². The first kappa shape index (κ1) is 17.3. The number of anilines is 1. The van der Waals surface area contributed by atoms with Gasteiger partial charge in [0.05, 0.1) is 43.1 Å². The molecule has 0 atom stereocenters. The zero-order chi connectivity index (χ0) is 17.6. The van der Waals surface area contributed by atoms with E-state index in [1.54, 1.807) is 17.0 Å². The van der Waals surface area contributed by atoms with Crippen LogP contribution in [0.4, 0.5) is 5.69 Å². The number of halogens is 1. The van der Waals surface area contributed by atoms with Crippen molar-refractivity contribution in [2.75, 3.05) is 38.0 Å². The van der Waals surface area contributed by atoms with Gasteiger partial charge < -0.3 is 15.1 Å². The Labute approximate surface area is 150 Å².